The van der Waals surface area contributed by atoms with E-state index in [0.717, 1.165) is 15.9 Å². The maximum absolute atomic E-state index is 12.4. The average molecular weight is 420 g/mol. The number of hydrogen-bond donors (Lipinski definition) is 2. The van der Waals surface area contributed by atoms with Crippen LogP contribution in [0, 0.1) is 0 Å². The average Bonchev–Trinajstić information content (AvgIpc) is 3.30. The normalized spacial score (nSPS) is 14.6. The van der Waals surface area contributed by atoms with E-state index < -0.39 is 0 Å². The molecule has 0 unspecified atom stereocenters. The van der Waals surface area contributed by atoms with Gasteiger partial charge in [0, 0.05) is 25.8 Å². The molecule has 2 aromatic heterocycles. The molecule has 1 aliphatic rings. The maximum atomic E-state index is 12.4. The third-order valence-electron chi connectivity index (χ3n) is 4.11. The van der Waals surface area contributed by atoms with Crippen LogP contribution >= 0.6 is 34.6 Å². The molecule has 27 heavy (non-hydrogen) atoms. The highest BCUT2D eigenvalue weighted by atomic mass is 32.2. The van der Waals surface area contributed by atoms with E-state index in [1.807, 2.05) is 29.6 Å². The number of benzene rings is 1. The van der Waals surface area contributed by atoms with E-state index in [2.05, 4.69) is 21.1 Å². The maximum Gasteiger partial charge on any atom is 0.324 e. The Morgan fingerprint density at radius 1 is 1.30 bits per heavy atom. The van der Waals surface area contributed by atoms with Crippen LogP contribution in [-0.2, 0) is 4.79 Å². The van der Waals surface area contributed by atoms with Crippen molar-refractivity contribution in [2.45, 2.75) is 4.21 Å². The van der Waals surface area contributed by atoms with Gasteiger partial charge in [-0.2, -0.15) is 0 Å². The van der Waals surface area contributed by atoms with Crippen LogP contribution in [0.15, 0.2) is 39.9 Å². The van der Waals surface area contributed by atoms with E-state index in [4.69, 9.17) is 0 Å². The van der Waals surface area contributed by atoms with Gasteiger partial charge in [0.1, 0.15) is 6.54 Å². The minimum Gasteiger partial charge on any atom is -0.342 e. The number of aromatic nitrogens is 1. The predicted octanol–water partition coefficient (Wildman–Crippen LogP) is 3.78. The van der Waals surface area contributed by atoms with E-state index in [0.29, 0.717) is 18.2 Å². The number of carbonyl (C=O) groups is 2. The summed E-state index contributed by atoms with van der Waals surface area (Å²) in [7, 11) is 1.74. The van der Waals surface area contributed by atoms with Crippen molar-refractivity contribution < 1.29 is 9.59 Å². The zero-order valence-corrected chi connectivity index (χ0v) is 16.9. The van der Waals surface area contributed by atoms with Crippen molar-refractivity contribution in [1.29, 1.82) is 0 Å². The number of nitrogens with one attached hydrogen (secondary N) is 2. The van der Waals surface area contributed by atoms with Crippen molar-refractivity contribution in [3.8, 4) is 0 Å². The molecule has 0 radical (unpaired) electrons. The number of thiophene rings is 1. The van der Waals surface area contributed by atoms with Crippen molar-refractivity contribution in [3.63, 3.8) is 0 Å². The standard InChI is InChI=1S/C17H17N5O2S3/c1-21-6-7-22(10-14(21)23)17(24)19-16-18-12-5-4-11(9-13(12)26-16)20-27-15-3-2-8-25-15/h2-5,8-9,20H,6-7,10H2,1H3,(H,18,19,24). The van der Waals surface area contributed by atoms with E-state index in [9.17, 15) is 9.59 Å². The van der Waals surface area contributed by atoms with Crippen molar-refractivity contribution in [2.75, 3.05) is 36.7 Å². The molecule has 3 amide bonds. The van der Waals surface area contributed by atoms with Gasteiger partial charge in [0.2, 0.25) is 5.91 Å². The molecule has 140 valence electrons. The minimum atomic E-state index is -0.290. The van der Waals surface area contributed by atoms with Crippen LogP contribution in [-0.4, -0.2) is 53.4 Å². The summed E-state index contributed by atoms with van der Waals surface area (Å²) in [6.07, 6.45) is 0. The van der Waals surface area contributed by atoms with Crippen LogP contribution in [0.5, 0.6) is 0 Å². The van der Waals surface area contributed by atoms with Gasteiger partial charge in [0.05, 0.1) is 14.4 Å². The molecule has 10 heteroatoms. The van der Waals surface area contributed by atoms with Crippen LogP contribution in [0.2, 0.25) is 0 Å². The highest BCUT2D eigenvalue weighted by molar-refractivity contribution is 8.02. The molecule has 0 bridgehead atoms. The fraction of sp³-hybridized carbons (Fsp3) is 0.235. The fourth-order valence-corrected chi connectivity index (χ4v) is 4.89. The lowest BCUT2D eigenvalue weighted by Crippen LogP contribution is -2.51. The fourth-order valence-electron chi connectivity index (χ4n) is 2.57. The van der Waals surface area contributed by atoms with Gasteiger partial charge >= 0.3 is 6.03 Å². The second kappa shape index (κ2) is 7.75. The smallest absolute Gasteiger partial charge is 0.324 e. The van der Waals surface area contributed by atoms with Crippen LogP contribution in [0.3, 0.4) is 0 Å². The zero-order chi connectivity index (χ0) is 18.8. The molecule has 0 aliphatic carbocycles. The first kappa shape index (κ1) is 18.1. The minimum absolute atomic E-state index is 0.0559. The summed E-state index contributed by atoms with van der Waals surface area (Å²) >= 11 is 4.66. The SMILES string of the molecule is CN1CCN(C(=O)Nc2nc3ccc(NSc4cccs4)cc3s2)CC1=O. The van der Waals surface area contributed by atoms with Gasteiger partial charge in [-0.05, 0) is 41.6 Å². The van der Waals surface area contributed by atoms with Crippen LogP contribution in [0.4, 0.5) is 15.6 Å². The number of piperazine rings is 1. The quantitative estimate of drug-likeness (QED) is 0.629. The molecule has 0 saturated carbocycles. The Hall–Kier alpha value is -2.30. The summed E-state index contributed by atoms with van der Waals surface area (Å²) in [5.41, 5.74) is 1.81. The first-order valence-corrected chi connectivity index (χ1v) is 10.8. The Morgan fingerprint density at radius 3 is 2.96 bits per heavy atom. The number of likely N-dealkylation sites (N-methyl/N-ethyl adjacent to an activating group) is 1. The lowest BCUT2D eigenvalue weighted by atomic mass is 10.3. The number of urea groups is 1. The summed E-state index contributed by atoms with van der Waals surface area (Å²) in [6, 6.07) is 9.70. The molecule has 1 aromatic carbocycles. The number of rotatable bonds is 4. The first-order valence-electron chi connectivity index (χ1n) is 8.25. The van der Waals surface area contributed by atoms with Gasteiger partial charge in [-0.25, -0.2) is 9.78 Å². The van der Waals surface area contributed by atoms with E-state index >= 15 is 0 Å². The summed E-state index contributed by atoms with van der Waals surface area (Å²) in [5, 5.41) is 5.38. The molecular formula is C17H17N5O2S3. The van der Waals surface area contributed by atoms with E-state index in [-0.39, 0.29) is 18.5 Å². The van der Waals surface area contributed by atoms with Gasteiger partial charge in [0.15, 0.2) is 5.13 Å². The topological polar surface area (TPSA) is 77.6 Å². The van der Waals surface area contributed by atoms with Crippen LogP contribution in [0.1, 0.15) is 0 Å². The highest BCUT2D eigenvalue weighted by Gasteiger charge is 2.25. The Kier molecular flexibility index (Phi) is 5.19. The third-order valence-corrected chi connectivity index (χ3v) is 6.92. The summed E-state index contributed by atoms with van der Waals surface area (Å²) in [6.45, 7) is 1.16. The largest absolute Gasteiger partial charge is 0.342 e. The zero-order valence-electron chi connectivity index (χ0n) is 14.5. The molecule has 1 fully saturated rings. The van der Waals surface area contributed by atoms with Crippen molar-refractivity contribution in [3.05, 3.63) is 35.7 Å². The predicted molar refractivity (Wildman–Crippen MR) is 112 cm³/mol. The molecule has 2 N–H and O–H groups in total. The van der Waals surface area contributed by atoms with Crippen molar-refractivity contribution in [2.24, 2.45) is 0 Å². The first-order chi connectivity index (χ1) is 13.1. The summed E-state index contributed by atoms with van der Waals surface area (Å²) < 4.78 is 5.49. The van der Waals surface area contributed by atoms with E-state index in [1.165, 1.54) is 20.4 Å². The molecular weight excluding hydrogens is 402 g/mol. The van der Waals surface area contributed by atoms with Crippen LogP contribution in [0.25, 0.3) is 10.2 Å². The second-order valence-corrected chi connectivity index (χ2v) is 9.09. The number of hydrogen-bond acceptors (Lipinski definition) is 7. The van der Waals surface area contributed by atoms with Gasteiger partial charge in [-0.1, -0.05) is 17.4 Å². The number of nitrogens with zero attached hydrogens (tertiary/aromatic N) is 3. The molecule has 1 saturated heterocycles. The molecule has 0 atom stereocenters. The third kappa shape index (κ3) is 4.18. The van der Waals surface area contributed by atoms with Gasteiger partial charge in [-0.15, -0.1) is 11.3 Å². The van der Waals surface area contributed by atoms with Gasteiger partial charge < -0.3 is 14.5 Å². The molecule has 1 aliphatic heterocycles. The summed E-state index contributed by atoms with van der Waals surface area (Å²) in [4.78, 5) is 31.8. The molecule has 0 spiro atoms. The number of anilines is 2. The second-order valence-electron chi connectivity index (χ2n) is 6.00. The van der Waals surface area contributed by atoms with Crippen molar-refractivity contribution >= 4 is 67.6 Å². The Morgan fingerprint density at radius 2 is 2.19 bits per heavy atom. The van der Waals surface area contributed by atoms with Gasteiger partial charge in [0.25, 0.3) is 0 Å². The Balaban J connectivity index is 1.42. The molecule has 3 heterocycles. The van der Waals surface area contributed by atoms with Gasteiger partial charge in [-0.3, -0.25) is 10.1 Å². The Labute approximate surface area is 168 Å². The van der Waals surface area contributed by atoms with Crippen molar-refractivity contribution in [1.82, 2.24) is 14.8 Å². The molecule has 4 rings (SSSR count). The Bertz CT molecular complexity index is 972. The highest BCUT2D eigenvalue weighted by Crippen LogP contribution is 2.31. The van der Waals surface area contributed by atoms with Crippen LogP contribution < -0.4 is 10.0 Å². The lowest BCUT2D eigenvalue weighted by Gasteiger charge is -2.31. The summed E-state index contributed by atoms with van der Waals surface area (Å²) in [5.74, 6) is -0.0559. The number of fused-ring (bicyclic) bond motifs is 1. The van der Waals surface area contributed by atoms with E-state index in [1.54, 1.807) is 35.2 Å². The monoisotopic (exact) mass is 419 g/mol. The molecule has 3 aromatic rings. The number of thiazole rings is 1. The number of carbonyl (C=O) groups excluding carboxylic acids is 2. The lowest BCUT2D eigenvalue weighted by molar-refractivity contribution is -0.133. The number of amides is 3. The molecule has 7 nitrogen and oxygen atoms in total.